The molecule has 4 rings (SSSR count). The van der Waals surface area contributed by atoms with E-state index >= 15 is 0 Å². The molecule has 2 aromatic heterocycles. The number of benzene rings is 2. The second kappa shape index (κ2) is 9.00. The second-order valence-electron chi connectivity index (χ2n) is 7.75. The Morgan fingerprint density at radius 1 is 1.03 bits per heavy atom. The van der Waals surface area contributed by atoms with E-state index in [1.54, 1.807) is 12.5 Å². The Balaban J connectivity index is 1.37. The molecule has 6 nitrogen and oxygen atoms in total. The average molecular weight is 414 g/mol. The summed E-state index contributed by atoms with van der Waals surface area (Å²) < 4.78 is 3.90. The van der Waals surface area contributed by atoms with E-state index < -0.39 is 0 Å². The zero-order valence-electron chi connectivity index (χ0n) is 18.1. The molecule has 31 heavy (non-hydrogen) atoms. The van der Waals surface area contributed by atoms with Crippen molar-refractivity contribution in [2.75, 3.05) is 0 Å². The molecule has 0 aliphatic rings. The summed E-state index contributed by atoms with van der Waals surface area (Å²) in [6.07, 6.45) is 6.53. The molecule has 0 radical (unpaired) electrons. The summed E-state index contributed by atoms with van der Waals surface area (Å²) in [6, 6.07) is 18.2. The Morgan fingerprint density at radius 3 is 2.45 bits per heavy atom. The van der Waals surface area contributed by atoms with Gasteiger partial charge in [-0.15, -0.1) is 0 Å². The summed E-state index contributed by atoms with van der Waals surface area (Å²) in [5, 5.41) is 7.79. The van der Waals surface area contributed by atoms with Gasteiger partial charge in [0.15, 0.2) is 0 Å². The lowest BCUT2D eigenvalue weighted by molar-refractivity contribution is -0.121. The van der Waals surface area contributed by atoms with Crippen LogP contribution in [0.2, 0.25) is 0 Å². The van der Waals surface area contributed by atoms with Crippen LogP contribution in [0.1, 0.15) is 41.9 Å². The maximum absolute atomic E-state index is 12.6. The van der Waals surface area contributed by atoms with Crippen molar-refractivity contribution in [3.63, 3.8) is 0 Å². The van der Waals surface area contributed by atoms with Crippen molar-refractivity contribution in [2.45, 2.75) is 39.7 Å². The van der Waals surface area contributed by atoms with Crippen molar-refractivity contribution in [1.29, 1.82) is 0 Å². The third-order valence-electron chi connectivity index (χ3n) is 5.62. The topological polar surface area (TPSA) is 64.7 Å². The lowest BCUT2D eigenvalue weighted by Gasteiger charge is -2.15. The van der Waals surface area contributed by atoms with Crippen LogP contribution < -0.4 is 5.32 Å². The van der Waals surface area contributed by atoms with Gasteiger partial charge in [0.25, 0.3) is 0 Å². The lowest BCUT2D eigenvalue weighted by atomic mass is 10.1. The second-order valence-corrected chi connectivity index (χ2v) is 7.75. The van der Waals surface area contributed by atoms with Gasteiger partial charge in [-0.2, -0.15) is 5.10 Å². The highest BCUT2D eigenvalue weighted by Crippen LogP contribution is 2.20. The fourth-order valence-electron chi connectivity index (χ4n) is 3.84. The molecule has 158 valence electrons. The first-order valence-corrected chi connectivity index (χ1v) is 10.5. The molecule has 0 spiro atoms. The molecule has 2 aromatic carbocycles. The van der Waals surface area contributed by atoms with Crippen LogP contribution in [0.15, 0.2) is 73.3 Å². The molecule has 2 heterocycles. The third-order valence-corrected chi connectivity index (χ3v) is 5.62. The molecule has 4 aromatic rings. The highest BCUT2D eigenvalue weighted by atomic mass is 16.1. The number of hydrogen-bond acceptors (Lipinski definition) is 3. The van der Waals surface area contributed by atoms with Gasteiger partial charge in [-0.25, -0.2) is 9.67 Å². The van der Waals surface area contributed by atoms with Gasteiger partial charge in [0.2, 0.25) is 5.91 Å². The van der Waals surface area contributed by atoms with Crippen LogP contribution in [0.3, 0.4) is 0 Å². The van der Waals surface area contributed by atoms with Crippen molar-refractivity contribution in [1.82, 2.24) is 24.6 Å². The number of carbonyl (C=O) groups excluding carboxylic acids is 1. The van der Waals surface area contributed by atoms with E-state index in [1.807, 2.05) is 83.9 Å². The minimum absolute atomic E-state index is 0.0393. The lowest BCUT2D eigenvalue weighted by Crippen LogP contribution is -2.26. The SMILES string of the molecule is Cc1nn(-c2ccccc2)c(C)c1CCC(=O)NC(C)c1ccc(-n2ccnc2)cc1. The molecule has 0 saturated carbocycles. The highest BCUT2D eigenvalue weighted by Gasteiger charge is 2.15. The van der Waals surface area contributed by atoms with Gasteiger partial charge < -0.3 is 9.88 Å². The van der Waals surface area contributed by atoms with Crippen molar-refractivity contribution in [2.24, 2.45) is 0 Å². The summed E-state index contributed by atoms with van der Waals surface area (Å²) >= 11 is 0. The van der Waals surface area contributed by atoms with Gasteiger partial charge >= 0.3 is 0 Å². The summed E-state index contributed by atoms with van der Waals surface area (Å²) in [5.74, 6) is 0.0393. The van der Waals surface area contributed by atoms with Crippen molar-refractivity contribution < 1.29 is 4.79 Å². The number of nitrogens with zero attached hydrogens (tertiary/aromatic N) is 4. The van der Waals surface area contributed by atoms with Gasteiger partial charge in [0.1, 0.15) is 0 Å². The van der Waals surface area contributed by atoms with E-state index in [2.05, 4.69) is 22.3 Å². The standard InChI is InChI=1S/C25H27N5O/c1-18(21-9-11-22(12-10-21)29-16-15-26-17-29)27-25(31)14-13-24-19(2)28-30(20(24)3)23-7-5-4-6-8-23/h4-12,15-18H,13-14H2,1-3H3,(H,27,31). The number of para-hydroxylation sites is 1. The maximum atomic E-state index is 12.6. The summed E-state index contributed by atoms with van der Waals surface area (Å²) in [6.45, 7) is 6.07. The molecule has 0 aliphatic heterocycles. The van der Waals surface area contributed by atoms with Gasteiger partial charge in [0.05, 0.1) is 23.8 Å². The normalized spacial score (nSPS) is 12.0. The molecular formula is C25H27N5O. The van der Waals surface area contributed by atoms with E-state index in [0.29, 0.717) is 12.8 Å². The monoisotopic (exact) mass is 413 g/mol. The number of aryl methyl sites for hydroxylation is 1. The highest BCUT2D eigenvalue weighted by molar-refractivity contribution is 5.76. The molecule has 0 saturated heterocycles. The fraction of sp³-hybridized carbons (Fsp3) is 0.240. The summed E-state index contributed by atoms with van der Waals surface area (Å²) in [5.41, 5.74) is 6.34. The predicted molar refractivity (Wildman–Crippen MR) is 121 cm³/mol. The number of aromatic nitrogens is 4. The predicted octanol–water partition coefficient (Wildman–Crippen LogP) is 4.48. The quantitative estimate of drug-likeness (QED) is 0.486. The number of rotatable bonds is 7. The van der Waals surface area contributed by atoms with Crippen LogP contribution in [0, 0.1) is 13.8 Å². The minimum Gasteiger partial charge on any atom is -0.350 e. The van der Waals surface area contributed by atoms with Gasteiger partial charge in [-0.05, 0) is 62.6 Å². The van der Waals surface area contributed by atoms with Gasteiger partial charge in [-0.1, -0.05) is 30.3 Å². The van der Waals surface area contributed by atoms with Gasteiger partial charge in [0, 0.05) is 30.2 Å². The third kappa shape index (κ3) is 4.58. The van der Waals surface area contributed by atoms with Crippen molar-refractivity contribution in [3.8, 4) is 11.4 Å². The molecule has 0 bridgehead atoms. The average Bonchev–Trinajstić information content (AvgIpc) is 3.42. The number of carbonyl (C=O) groups is 1. The Labute approximate surface area is 182 Å². The molecule has 0 aliphatic carbocycles. The van der Waals surface area contributed by atoms with Crippen LogP contribution in [-0.4, -0.2) is 25.2 Å². The summed E-state index contributed by atoms with van der Waals surface area (Å²) in [4.78, 5) is 16.7. The molecule has 1 atom stereocenters. The van der Waals surface area contributed by atoms with Gasteiger partial charge in [-0.3, -0.25) is 4.79 Å². The number of hydrogen-bond donors (Lipinski definition) is 1. The number of amides is 1. The van der Waals surface area contributed by atoms with Crippen LogP contribution in [-0.2, 0) is 11.2 Å². The molecule has 0 fully saturated rings. The van der Waals surface area contributed by atoms with E-state index in [4.69, 9.17) is 0 Å². The molecule has 1 unspecified atom stereocenters. The number of nitrogens with one attached hydrogen (secondary N) is 1. The fourth-order valence-corrected chi connectivity index (χ4v) is 3.84. The molecular weight excluding hydrogens is 386 g/mol. The van der Waals surface area contributed by atoms with Crippen LogP contribution in [0.5, 0.6) is 0 Å². The van der Waals surface area contributed by atoms with E-state index in [9.17, 15) is 4.79 Å². The van der Waals surface area contributed by atoms with E-state index in [-0.39, 0.29) is 11.9 Å². The molecule has 1 N–H and O–H groups in total. The molecule has 1 amide bonds. The largest absolute Gasteiger partial charge is 0.350 e. The zero-order valence-corrected chi connectivity index (χ0v) is 18.1. The minimum atomic E-state index is -0.0569. The Hall–Kier alpha value is -3.67. The summed E-state index contributed by atoms with van der Waals surface area (Å²) in [7, 11) is 0. The van der Waals surface area contributed by atoms with E-state index in [1.165, 1.54) is 0 Å². The first-order valence-electron chi connectivity index (χ1n) is 10.5. The Morgan fingerprint density at radius 2 is 1.77 bits per heavy atom. The zero-order chi connectivity index (χ0) is 21.8. The van der Waals surface area contributed by atoms with Crippen LogP contribution >= 0.6 is 0 Å². The maximum Gasteiger partial charge on any atom is 0.220 e. The Kier molecular flexibility index (Phi) is 5.98. The van der Waals surface area contributed by atoms with Crippen molar-refractivity contribution >= 4 is 5.91 Å². The first-order chi connectivity index (χ1) is 15.0. The Bertz CT molecular complexity index is 1140. The van der Waals surface area contributed by atoms with Crippen LogP contribution in [0.4, 0.5) is 0 Å². The molecule has 6 heteroatoms. The van der Waals surface area contributed by atoms with Crippen LogP contribution in [0.25, 0.3) is 11.4 Å². The van der Waals surface area contributed by atoms with Crippen molar-refractivity contribution in [3.05, 3.63) is 95.8 Å². The first kappa shape index (κ1) is 20.6. The smallest absolute Gasteiger partial charge is 0.220 e. The number of imidazole rings is 1. The van der Waals surface area contributed by atoms with E-state index in [0.717, 1.165) is 33.9 Å².